The summed E-state index contributed by atoms with van der Waals surface area (Å²) in [4.78, 5) is 44.5. The van der Waals surface area contributed by atoms with E-state index in [9.17, 15) is 19.2 Å². The maximum Gasteiger partial charge on any atom is 0.307 e. The molecule has 2 unspecified atom stereocenters. The second-order valence-electron chi connectivity index (χ2n) is 10.4. The number of rotatable bonds is 6. The highest BCUT2D eigenvalue weighted by Gasteiger charge is 2.35. The van der Waals surface area contributed by atoms with Crippen LogP contribution in [0, 0.1) is 22.7 Å². The van der Waals surface area contributed by atoms with E-state index >= 15 is 0 Å². The van der Waals surface area contributed by atoms with Crippen molar-refractivity contribution in [3.8, 4) is 0 Å². The van der Waals surface area contributed by atoms with Gasteiger partial charge in [0, 0.05) is 19.0 Å². The van der Waals surface area contributed by atoms with Gasteiger partial charge in [0.25, 0.3) is 0 Å². The molecule has 0 aliphatic carbocycles. The first-order valence-corrected chi connectivity index (χ1v) is 9.69. The summed E-state index contributed by atoms with van der Waals surface area (Å²) >= 11 is 0. The smallest absolute Gasteiger partial charge is 0.307 e. The summed E-state index contributed by atoms with van der Waals surface area (Å²) in [6, 6.07) is 0. The zero-order valence-electron chi connectivity index (χ0n) is 19.6. The molecule has 0 aliphatic rings. The number of carbonyl (C=O) groups excluding carboxylic acids is 2. The quantitative estimate of drug-likeness (QED) is 0.526. The highest BCUT2D eigenvalue weighted by molar-refractivity contribution is 5.84. The zero-order valence-corrected chi connectivity index (χ0v) is 19.6. The fourth-order valence-electron chi connectivity index (χ4n) is 2.47. The Bertz CT molecular complexity index is 579. The van der Waals surface area contributed by atoms with E-state index in [-0.39, 0.29) is 35.6 Å². The van der Waals surface area contributed by atoms with Crippen LogP contribution in [0.5, 0.6) is 0 Å². The number of carboxylic acid groups (broad SMARTS) is 2. The second kappa shape index (κ2) is 11.2. The molecule has 0 saturated heterocycles. The van der Waals surface area contributed by atoms with Crippen LogP contribution >= 0.6 is 0 Å². The van der Waals surface area contributed by atoms with Crippen LogP contribution in [0.4, 0.5) is 0 Å². The molecule has 4 N–H and O–H groups in total. The molecule has 8 heteroatoms. The fourth-order valence-corrected chi connectivity index (χ4v) is 2.47. The molecule has 0 bridgehead atoms. The van der Waals surface area contributed by atoms with Crippen molar-refractivity contribution in [3.63, 3.8) is 0 Å². The molecule has 0 radical (unpaired) electrons. The second-order valence-corrected chi connectivity index (χ2v) is 10.4. The van der Waals surface area contributed by atoms with Gasteiger partial charge in [-0.15, -0.1) is 0 Å². The minimum absolute atomic E-state index is 0.0370. The molecule has 0 fully saturated rings. The van der Waals surface area contributed by atoms with E-state index in [0.29, 0.717) is 0 Å². The maximum atomic E-state index is 12.0. The number of carboxylic acids is 2. The van der Waals surface area contributed by atoms with Crippen molar-refractivity contribution >= 4 is 23.8 Å². The van der Waals surface area contributed by atoms with Gasteiger partial charge in [-0.1, -0.05) is 41.5 Å². The predicted octanol–water partition coefficient (Wildman–Crippen LogP) is 2.91. The van der Waals surface area contributed by atoms with Crippen molar-refractivity contribution in [2.24, 2.45) is 22.7 Å². The number of carbonyl (C=O) groups is 4. The van der Waals surface area contributed by atoms with Gasteiger partial charge in [-0.05, 0) is 31.6 Å². The molecule has 170 valence electrons. The normalized spacial score (nSPS) is 14.0. The summed E-state index contributed by atoms with van der Waals surface area (Å²) in [5.41, 5.74) is -1.08. The van der Waals surface area contributed by atoms with E-state index in [4.69, 9.17) is 10.2 Å². The molecular formula is C21H40N2O6. The Morgan fingerprint density at radius 2 is 1.17 bits per heavy atom. The van der Waals surface area contributed by atoms with E-state index in [1.165, 1.54) is 7.05 Å². The van der Waals surface area contributed by atoms with Gasteiger partial charge in [-0.3, -0.25) is 19.2 Å². The van der Waals surface area contributed by atoms with Crippen LogP contribution in [0.25, 0.3) is 0 Å². The molecule has 0 saturated carbocycles. The summed E-state index contributed by atoms with van der Waals surface area (Å²) in [6.45, 7) is 16.7. The minimum Gasteiger partial charge on any atom is -0.481 e. The number of nitrogens with one attached hydrogen (secondary N) is 2. The van der Waals surface area contributed by atoms with E-state index in [0.717, 1.165) is 0 Å². The van der Waals surface area contributed by atoms with E-state index in [1.54, 1.807) is 0 Å². The lowest BCUT2D eigenvalue weighted by atomic mass is 9.78. The molecule has 29 heavy (non-hydrogen) atoms. The molecular weight excluding hydrogens is 376 g/mol. The molecule has 0 rings (SSSR count). The summed E-state index contributed by atoms with van der Waals surface area (Å²) in [5, 5.41) is 22.9. The number of amides is 2. The van der Waals surface area contributed by atoms with Crippen molar-refractivity contribution in [2.45, 2.75) is 80.7 Å². The zero-order chi connectivity index (χ0) is 23.8. The van der Waals surface area contributed by atoms with Crippen LogP contribution in [0.2, 0.25) is 0 Å². The first-order chi connectivity index (χ1) is 12.7. The molecule has 0 spiro atoms. The van der Waals surface area contributed by atoms with E-state index in [1.807, 2.05) is 62.3 Å². The summed E-state index contributed by atoms with van der Waals surface area (Å²) < 4.78 is 0. The number of hydrogen-bond acceptors (Lipinski definition) is 4. The molecule has 0 aromatic heterocycles. The molecule has 0 aliphatic heterocycles. The van der Waals surface area contributed by atoms with Gasteiger partial charge >= 0.3 is 11.9 Å². The monoisotopic (exact) mass is 416 g/mol. The van der Waals surface area contributed by atoms with E-state index in [2.05, 4.69) is 10.6 Å². The van der Waals surface area contributed by atoms with Gasteiger partial charge in [-0.2, -0.15) is 0 Å². The highest BCUT2D eigenvalue weighted by atomic mass is 16.4. The molecule has 0 aromatic rings. The maximum absolute atomic E-state index is 12.0. The average Bonchev–Trinajstić information content (AvgIpc) is 2.46. The third-order valence-corrected chi connectivity index (χ3v) is 4.25. The Labute approximate surface area is 174 Å². The lowest BCUT2D eigenvalue weighted by Gasteiger charge is -2.31. The number of hydrogen-bond donors (Lipinski definition) is 4. The Kier molecular flexibility index (Phi) is 11.2. The third kappa shape index (κ3) is 13.7. The van der Waals surface area contributed by atoms with Gasteiger partial charge in [0.15, 0.2) is 0 Å². The minimum atomic E-state index is -0.941. The van der Waals surface area contributed by atoms with Crippen LogP contribution in [-0.2, 0) is 19.2 Å². The summed E-state index contributed by atoms with van der Waals surface area (Å²) in [6.07, 6.45) is -0.0965. The Morgan fingerprint density at radius 3 is 1.41 bits per heavy atom. The van der Waals surface area contributed by atoms with E-state index < -0.39 is 29.2 Å². The Hall–Kier alpha value is -2.12. The van der Waals surface area contributed by atoms with Crippen LogP contribution in [0.15, 0.2) is 0 Å². The van der Waals surface area contributed by atoms with Crippen LogP contribution < -0.4 is 10.6 Å². The van der Waals surface area contributed by atoms with Crippen molar-refractivity contribution in [2.75, 3.05) is 7.05 Å². The van der Waals surface area contributed by atoms with Crippen molar-refractivity contribution < 1.29 is 29.4 Å². The topological polar surface area (TPSA) is 133 Å². The fraction of sp³-hybridized carbons (Fsp3) is 0.810. The first kappa shape index (κ1) is 29.1. The molecule has 2 atom stereocenters. The van der Waals surface area contributed by atoms with Gasteiger partial charge in [0.05, 0.1) is 18.3 Å². The van der Waals surface area contributed by atoms with Crippen molar-refractivity contribution in [1.29, 1.82) is 0 Å². The number of aliphatic carboxylic acids is 2. The summed E-state index contributed by atoms with van der Waals surface area (Å²) in [7, 11) is 1.50. The Morgan fingerprint density at radius 1 is 0.759 bits per heavy atom. The molecule has 8 nitrogen and oxygen atoms in total. The third-order valence-electron chi connectivity index (χ3n) is 4.25. The lowest BCUT2D eigenvalue weighted by Crippen LogP contribution is -2.47. The van der Waals surface area contributed by atoms with Crippen molar-refractivity contribution in [1.82, 2.24) is 10.6 Å². The van der Waals surface area contributed by atoms with Crippen molar-refractivity contribution in [3.05, 3.63) is 0 Å². The average molecular weight is 417 g/mol. The van der Waals surface area contributed by atoms with Gasteiger partial charge < -0.3 is 20.8 Å². The van der Waals surface area contributed by atoms with Crippen LogP contribution in [0.3, 0.4) is 0 Å². The van der Waals surface area contributed by atoms with Crippen LogP contribution in [0.1, 0.15) is 75.2 Å². The van der Waals surface area contributed by atoms with Crippen LogP contribution in [-0.4, -0.2) is 46.6 Å². The van der Waals surface area contributed by atoms with Gasteiger partial charge in [0.1, 0.15) is 0 Å². The first-order valence-electron chi connectivity index (χ1n) is 9.69. The van der Waals surface area contributed by atoms with Gasteiger partial charge in [0.2, 0.25) is 11.8 Å². The highest BCUT2D eigenvalue weighted by Crippen LogP contribution is 2.30. The predicted molar refractivity (Wildman–Crippen MR) is 112 cm³/mol. The molecule has 0 aromatic carbocycles. The molecule has 2 amide bonds. The lowest BCUT2D eigenvalue weighted by molar-refractivity contribution is -0.148. The molecule has 0 heterocycles. The largest absolute Gasteiger partial charge is 0.481 e. The standard InChI is InChI=1S/C12H23NO3.C9H17NO3/c1-11(2,3)8(7-9(14)15)10(16)13-12(4,5)6;1-9(2,3)6(8(12)13)5-7(11)10-4/h8H,7H2,1-6H3,(H,13,16)(H,14,15);6H,5H2,1-4H3,(H,10,11)(H,12,13). The Balaban J connectivity index is 0. The summed E-state index contributed by atoms with van der Waals surface area (Å²) in [5.74, 6) is -3.43. The SMILES string of the molecule is CC(C)(C)NC(=O)C(CC(=O)O)C(C)(C)C.CNC(=O)CC(C(=O)O)C(C)(C)C. The van der Waals surface area contributed by atoms with Gasteiger partial charge in [-0.25, -0.2) is 0 Å².